The van der Waals surface area contributed by atoms with Gasteiger partial charge < -0.3 is 4.74 Å². The van der Waals surface area contributed by atoms with E-state index in [0.29, 0.717) is 0 Å². The van der Waals surface area contributed by atoms with Crippen molar-refractivity contribution < 1.29 is 26.0 Å². The van der Waals surface area contributed by atoms with E-state index in [1.807, 2.05) is 0 Å². The lowest BCUT2D eigenvalue weighted by Crippen LogP contribution is -2.57. The Kier molecular flexibility index (Phi) is 4.27. The summed E-state index contributed by atoms with van der Waals surface area (Å²) >= 11 is 0. The maximum Gasteiger partial charge on any atom is 0.246 e. The fourth-order valence-corrected chi connectivity index (χ4v) is 5.22. The van der Waals surface area contributed by atoms with E-state index in [4.69, 9.17) is 4.74 Å². The number of halogens is 1. The minimum atomic E-state index is -3.97. The number of ether oxygens (including phenoxy) is 1. The van der Waals surface area contributed by atoms with Crippen LogP contribution in [0.2, 0.25) is 0 Å². The fourth-order valence-electron chi connectivity index (χ4n) is 2.05. The molecule has 2 rings (SSSR count). The van der Waals surface area contributed by atoms with Crippen molar-refractivity contribution in [2.75, 3.05) is 26.0 Å². The lowest BCUT2D eigenvalue weighted by Gasteiger charge is -2.37. The van der Waals surface area contributed by atoms with Crippen LogP contribution < -0.4 is 4.74 Å². The van der Waals surface area contributed by atoms with E-state index in [-0.39, 0.29) is 29.5 Å². The molecule has 0 amide bonds. The van der Waals surface area contributed by atoms with Gasteiger partial charge in [-0.25, -0.2) is 21.2 Å². The molecule has 1 aliphatic rings. The van der Waals surface area contributed by atoms with E-state index in [9.17, 15) is 21.2 Å². The number of benzene rings is 1. The summed E-state index contributed by atoms with van der Waals surface area (Å²) in [5.41, 5.74) is 0. The van der Waals surface area contributed by atoms with Crippen LogP contribution in [0, 0.1) is 5.82 Å². The molecular weight excluding hydrogens is 321 g/mol. The minimum absolute atomic E-state index is 0.0261. The molecule has 0 atom stereocenters. The summed E-state index contributed by atoms with van der Waals surface area (Å²) in [4.78, 5) is -0.294. The van der Waals surface area contributed by atoms with Crippen molar-refractivity contribution in [3.63, 3.8) is 0 Å². The van der Waals surface area contributed by atoms with Gasteiger partial charge in [-0.1, -0.05) is 6.92 Å². The Morgan fingerprint density at radius 3 is 2.43 bits per heavy atom. The second-order valence-corrected chi connectivity index (χ2v) is 9.17. The van der Waals surface area contributed by atoms with Crippen molar-refractivity contribution in [1.82, 2.24) is 4.31 Å². The standard InChI is InChI=1S/C12H16FNO5S2/c1-3-20(15,16)10-7-14(8-10)21(17,18)12-6-9(13)4-5-11(12)19-2/h4-6,10H,3,7-8H2,1-2H3. The zero-order chi connectivity index (χ0) is 15.8. The molecule has 0 aromatic heterocycles. The van der Waals surface area contributed by atoms with Gasteiger partial charge >= 0.3 is 0 Å². The summed E-state index contributed by atoms with van der Waals surface area (Å²) in [6.07, 6.45) is 0. The molecule has 0 aliphatic carbocycles. The van der Waals surface area contributed by atoms with Crippen molar-refractivity contribution in [3.8, 4) is 5.75 Å². The predicted molar refractivity (Wildman–Crippen MR) is 75.0 cm³/mol. The fraction of sp³-hybridized carbons (Fsp3) is 0.500. The number of sulfonamides is 1. The first-order chi connectivity index (χ1) is 9.72. The lowest BCUT2D eigenvalue weighted by molar-refractivity contribution is 0.307. The highest BCUT2D eigenvalue weighted by Gasteiger charge is 2.43. The minimum Gasteiger partial charge on any atom is -0.495 e. The Morgan fingerprint density at radius 1 is 1.29 bits per heavy atom. The van der Waals surface area contributed by atoms with Gasteiger partial charge in [-0.2, -0.15) is 4.31 Å². The molecule has 0 saturated carbocycles. The number of methoxy groups -OCH3 is 1. The third-order valence-corrected chi connectivity index (χ3v) is 7.44. The van der Waals surface area contributed by atoms with Crippen molar-refractivity contribution >= 4 is 19.9 Å². The highest BCUT2D eigenvalue weighted by molar-refractivity contribution is 7.92. The summed E-state index contributed by atoms with van der Waals surface area (Å²) < 4.78 is 67.3. The van der Waals surface area contributed by atoms with E-state index in [0.717, 1.165) is 16.4 Å². The first-order valence-electron chi connectivity index (χ1n) is 6.27. The third kappa shape index (κ3) is 2.90. The molecular formula is C12H16FNO5S2. The van der Waals surface area contributed by atoms with E-state index in [2.05, 4.69) is 0 Å². The molecule has 0 radical (unpaired) electrons. The van der Waals surface area contributed by atoms with Gasteiger partial charge in [0.2, 0.25) is 10.0 Å². The van der Waals surface area contributed by atoms with Crippen LogP contribution in [0.1, 0.15) is 6.92 Å². The Bertz CT molecular complexity index is 739. The molecule has 1 aliphatic heterocycles. The topological polar surface area (TPSA) is 80.8 Å². The van der Waals surface area contributed by atoms with Crippen LogP contribution in [0.5, 0.6) is 5.75 Å². The summed E-state index contributed by atoms with van der Waals surface area (Å²) in [6.45, 7) is 1.29. The van der Waals surface area contributed by atoms with Gasteiger partial charge in [-0.05, 0) is 18.2 Å². The smallest absolute Gasteiger partial charge is 0.246 e. The van der Waals surface area contributed by atoms with Crippen LogP contribution >= 0.6 is 0 Å². The lowest BCUT2D eigenvalue weighted by atomic mass is 10.3. The molecule has 0 unspecified atom stereocenters. The van der Waals surface area contributed by atoms with Gasteiger partial charge in [-0.15, -0.1) is 0 Å². The van der Waals surface area contributed by atoms with E-state index in [1.54, 1.807) is 0 Å². The van der Waals surface area contributed by atoms with Crippen LogP contribution in [0.4, 0.5) is 4.39 Å². The molecule has 1 aromatic carbocycles. The van der Waals surface area contributed by atoms with E-state index >= 15 is 0 Å². The number of nitrogens with zero attached hydrogens (tertiary/aromatic N) is 1. The van der Waals surface area contributed by atoms with Gasteiger partial charge in [0.1, 0.15) is 16.5 Å². The maximum absolute atomic E-state index is 13.3. The second-order valence-electron chi connectivity index (χ2n) is 4.69. The van der Waals surface area contributed by atoms with Gasteiger partial charge in [0.05, 0.1) is 12.4 Å². The average molecular weight is 337 g/mol. The molecule has 118 valence electrons. The number of sulfone groups is 1. The molecule has 1 heterocycles. The first kappa shape index (κ1) is 16.2. The summed E-state index contributed by atoms with van der Waals surface area (Å²) in [5.74, 6) is -0.708. The Labute approximate surface area is 123 Å². The molecule has 21 heavy (non-hydrogen) atoms. The van der Waals surface area contributed by atoms with Crippen LogP contribution in [-0.4, -0.2) is 52.3 Å². The van der Waals surface area contributed by atoms with Crippen LogP contribution in [-0.2, 0) is 19.9 Å². The van der Waals surface area contributed by atoms with Crippen molar-refractivity contribution in [2.24, 2.45) is 0 Å². The number of hydrogen-bond acceptors (Lipinski definition) is 5. The first-order valence-corrected chi connectivity index (χ1v) is 9.43. The monoisotopic (exact) mass is 337 g/mol. The Balaban J connectivity index is 2.28. The second kappa shape index (κ2) is 5.54. The van der Waals surface area contributed by atoms with Crippen LogP contribution in [0.15, 0.2) is 23.1 Å². The molecule has 1 aromatic rings. The van der Waals surface area contributed by atoms with Gasteiger partial charge in [0.25, 0.3) is 0 Å². The molecule has 0 N–H and O–H groups in total. The molecule has 0 bridgehead atoms. The van der Waals surface area contributed by atoms with Crippen molar-refractivity contribution in [1.29, 1.82) is 0 Å². The van der Waals surface area contributed by atoms with Crippen molar-refractivity contribution in [3.05, 3.63) is 24.0 Å². The predicted octanol–water partition coefficient (Wildman–Crippen LogP) is 0.642. The molecule has 9 heteroatoms. The van der Waals surface area contributed by atoms with Crippen molar-refractivity contribution in [2.45, 2.75) is 17.1 Å². The van der Waals surface area contributed by atoms with Crippen LogP contribution in [0.25, 0.3) is 0 Å². The SMILES string of the molecule is CCS(=O)(=O)C1CN(S(=O)(=O)c2cc(F)ccc2OC)C1. The number of rotatable bonds is 5. The largest absolute Gasteiger partial charge is 0.495 e. The number of hydrogen-bond donors (Lipinski definition) is 0. The highest BCUT2D eigenvalue weighted by Crippen LogP contribution is 2.31. The van der Waals surface area contributed by atoms with Gasteiger partial charge in [0.15, 0.2) is 9.84 Å². The Hall–Kier alpha value is -1.19. The maximum atomic E-state index is 13.3. The molecule has 1 saturated heterocycles. The summed E-state index contributed by atoms with van der Waals surface area (Å²) in [6, 6.07) is 3.19. The molecule has 6 nitrogen and oxygen atoms in total. The zero-order valence-electron chi connectivity index (χ0n) is 11.6. The van der Waals surface area contributed by atoms with Gasteiger partial charge in [0, 0.05) is 18.8 Å². The third-order valence-electron chi connectivity index (χ3n) is 3.47. The Morgan fingerprint density at radius 2 is 1.90 bits per heavy atom. The molecule has 0 spiro atoms. The average Bonchev–Trinajstić information content (AvgIpc) is 2.36. The highest BCUT2D eigenvalue weighted by atomic mass is 32.2. The summed E-state index contributed by atoms with van der Waals surface area (Å²) in [5, 5.41) is -0.697. The van der Waals surface area contributed by atoms with E-state index < -0.39 is 30.9 Å². The normalized spacial score (nSPS) is 17.5. The zero-order valence-corrected chi connectivity index (χ0v) is 13.2. The molecule has 1 fully saturated rings. The quantitative estimate of drug-likeness (QED) is 0.788. The summed E-state index contributed by atoms with van der Waals surface area (Å²) in [7, 11) is -5.95. The van der Waals surface area contributed by atoms with Gasteiger partial charge in [-0.3, -0.25) is 0 Å². The van der Waals surface area contributed by atoms with E-state index in [1.165, 1.54) is 20.1 Å². The van der Waals surface area contributed by atoms with Crippen LogP contribution in [0.3, 0.4) is 0 Å².